The molecule has 17 heavy (non-hydrogen) atoms. The highest BCUT2D eigenvalue weighted by molar-refractivity contribution is 9.10. The minimum absolute atomic E-state index is 0.00232. The number of halogens is 2. The number of alkyl halides is 1. The fourth-order valence-corrected chi connectivity index (χ4v) is 1.99. The van der Waals surface area contributed by atoms with Crippen LogP contribution in [-0.4, -0.2) is 14.7 Å². The Morgan fingerprint density at radius 2 is 2.12 bits per heavy atom. The van der Waals surface area contributed by atoms with Crippen LogP contribution >= 0.6 is 31.9 Å². The number of pyridine rings is 1. The largest absolute Gasteiger partial charge is 0.288 e. The third-order valence-electron chi connectivity index (χ3n) is 2.43. The van der Waals surface area contributed by atoms with E-state index in [4.69, 9.17) is 0 Å². The maximum Gasteiger partial charge on any atom is 0.288 e. The van der Waals surface area contributed by atoms with E-state index in [1.54, 1.807) is 0 Å². The number of hydrogen-bond acceptors (Lipinski definition) is 3. The minimum atomic E-state index is -0.448. The zero-order valence-corrected chi connectivity index (χ0v) is 13.1. The summed E-state index contributed by atoms with van der Waals surface area (Å²) < 4.78 is 0.681. The molecule has 0 amide bonds. The van der Waals surface area contributed by atoms with Crippen LogP contribution in [0, 0.1) is 15.5 Å². The quantitative estimate of drug-likeness (QED) is 0.460. The van der Waals surface area contributed by atoms with Crippen LogP contribution in [0.25, 0.3) is 0 Å². The summed E-state index contributed by atoms with van der Waals surface area (Å²) in [7, 11) is 0. The number of hydrogen-bond donors (Lipinski definition) is 0. The monoisotopic (exact) mass is 364 g/mol. The van der Waals surface area contributed by atoms with Crippen LogP contribution in [0.15, 0.2) is 16.7 Å². The Morgan fingerprint density at radius 1 is 1.53 bits per heavy atom. The van der Waals surface area contributed by atoms with Gasteiger partial charge in [0, 0.05) is 21.8 Å². The Labute approximate surface area is 117 Å². The van der Waals surface area contributed by atoms with Gasteiger partial charge in [-0.05, 0) is 21.3 Å². The van der Waals surface area contributed by atoms with Gasteiger partial charge in [0.1, 0.15) is 6.20 Å². The fourth-order valence-electron chi connectivity index (χ4n) is 1.18. The fraction of sp³-hybridized carbons (Fsp3) is 0.545. The molecule has 6 heteroatoms. The van der Waals surface area contributed by atoms with Gasteiger partial charge >= 0.3 is 0 Å². The first-order valence-electron chi connectivity index (χ1n) is 5.14. The van der Waals surface area contributed by atoms with Crippen LogP contribution in [0.3, 0.4) is 0 Å². The maximum absolute atomic E-state index is 10.6. The van der Waals surface area contributed by atoms with Gasteiger partial charge in [-0.3, -0.25) is 15.1 Å². The van der Waals surface area contributed by atoms with Gasteiger partial charge in [-0.2, -0.15) is 0 Å². The average Bonchev–Trinajstić information content (AvgIpc) is 2.19. The van der Waals surface area contributed by atoms with Gasteiger partial charge in [0.15, 0.2) is 0 Å². The lowest BCUT2D eigenvalue weighted by Gasteiger charge is -2.25. The van der Waals surface area contributed by atoms with Gasteiger partial charge in [0.25, 0.3) is 5.69 Å². The highest BCUT2D eigenvalue weighted by Crippen LogP contribution is 2.31. The molecule has 0 saturated carbocycles. The first kappa shape index (κ1) is 14.6. The number of aromatic nitrogens is 1. The summed E-state index contributed by atoms with van der Waals surface area (Å²) in [6.45, 7) is 6.39. The summed E-state index contributed by atoms with van der Waals surface area (Å²) in [5, 5.41) is 10.6. The molecule has 0 N–H and O–H groups in total. The molecule has 1 rings (SSSR count). The number of rotatable bonds is 3. The van der Waals surface area contributed by atoms with Crippen molar-refractivity contribution in [3.05, 3.63) is 32.5 Å². The van der Waals surface area contributed by atoms with Gasteiger partial charge in [-0.15, -0.1) is 0 Å². The van der Waals surface area contributed by atoms with E-state index >= 15 is 0 Å². The molecule has 0 saturated heterocycles. The molecule has 0 aliphatic rings. The zero-order valence-electron chi connectivity index (χ0n) is 9.91. The van der Waals surface area contributed by atoms with E-state index in [0.29, 0.717) is 4.47 Å². The first-order chi connectivity index (χ1) is 7.71. The lowest BCUT2D eigenvalue weighted by molar-refractivity contribution is -0.385. The van der Waals surface area contributed by atoms with E-state index in [9.17, 15) is 10.1 Å². The second-order valence-electron chi connectivity index (χ2n) is 4.92. The molecule has 1 aromatic rings. The van der Waals surface area contributed by atoms with Gasteiger partial charge < -0.3 is 0 Å². The van der Waals surface area contributed by atoms with E-state index in [1.807, 2.05) is 0 Å². The second-order valence-corrected chi connectivity index (χ2v) is 6.88. The molecule has 0 aromatic carbocycles. The van der Waals surface area contributed by atoms with Crippen LogP contribution in [0.4, 0.5) is 5.69 Å². The number of nitrogens with zero attached hydrogens (tertiary/aromatic N) is 2. The van der Waals surface area contributed by atoms with E-state index in [2.05, 4.69) is 57.6 Å². The molecule has 1 unspecified atom stereocenters. The Kier molecular flexibility index (Phi) is 4.66. The molecule has 0 fully saturated rings. The van der Waals surface area contributed by atoms with Crippen molar-refractivity contribution in [3.8, 4) is 0 Å². The summed E-state index contributed by atoms with van der Waals surface area (Å²) in [6, 6.07) is 1.49. The Bertz CT molecular complexity index is 430. The average molecular weight is 366 g/mol. The molecule has 0 aliphatic heterocycles. The highest BCUT2D eigenvalue weighted by Gasteiger charge is 2.23. The lowest BCUT2D eigenvalue weighted by atomic mass is 9.89. The molecule has 0 bridgehead atoms. The van der Waals surface area contributed by atoms with E-state index in [-0.39, 0.29) is 15.9 Å². The standard InChI is InChI=1S/C11H14Br2N2O2/c1-11(2,3)10(13)5-9-8(12)4-7(6-14-9)15(16)17/h4,6,10H,5H2,1-3H3. The predicted molar refractivity (Wildman–Crippen MR) is 74.5 cm³/mol. The molecular weight excluding hydrogens is 352 g/mol. The molecule has 94 valence electrons. The van der Waals surface area contributed by atoms with Crippen molar-refractivity contribution in [2.45, 2.75) is 32.0 Å². The van der Waals surface area contributed by atoms with Crippen LogP contribution < -0.4 is 0 Å². The smallest absolute Gasteiger partial charge is 0.258 e. The predicted octanol–water partition coefficient (Wildman–Crippen LogP) is 4.10. The van der Waals surface area contributed by atoms with Crippen molar-refractivity contribution in [3.63, 3.8) is 0 Å². The molecule has 1 heterocycles. The van der Waals surface area contributed by atoms with Gasteiger partial charge in [-0.25, -0.2) is 0 Å². The summed E-state index contributed by atoms with van der Waals surface area (Å²) in [5.74, 6) is 0. The second kappa shape index (κ2) is 5.44. The molecular formula is C11H14Br2N2O2. The van der Waals surface area contributed by atoms with Crippen LogP contribution in [0.5, 0.6) is 0 Å². The van der Waals surface area contributed by atoms with Crippen molar-refractivity contribution in [2.75, 3.05) is 0 Å². The van der Waals surface area contributed by atoms with Crippen molar-refractivity contribution >= 4 is 37.5 Å². The third-order valence-corrected chi connectivity index (χ3v) is 4.81. The zero-order chi connectivity index (χ0) is 13.2. The minimum Gasteiger partial charge on any atom is -0.258 e. The van der Waals surface area contributed by atoms with Gasteiger partial charge in [0.2, 0.25) is 0 Å². The Balaban J connectivity index is 2.90. The van der Waals surface area contributed by atoms with E-state index in [1.165, 1.54) is 12.3 Å². The third kappa shape index (κ3) is 4.03. The summed E-state index contributed by atoms with van der Waals surface area (Å²) in [4.78, 5) is 14.5. The highest BCUT2D eigenvalue weighted by atomic mass is 79.9. The first-order valence-corrected chi connectivity index (χ1v) is 6.85. The Hall–Kier alpha value is -0.490. The Morgan fingerprint density at radius 3 is 2.53 bits per heavy atom. The van der Waals surface area contributed by atoms with Gasteiger partial charge in [0.05, 0.1) is 10.6 Å². The SMILES string of the molecule is CC(C)(C)C(Br)Cc1ncc([N+](=O)[O-])cc1Br. The number of nitro groups is 1. The van der Waals surface area contributed by atoms with Crippen molar-refractivity contribution in [1.29, 1.82) is 0 Å². The topological polar surface area (TPSA) is 56.0 Å². The van der Waals surface area contributed by atoms with Gasteiger partial charge in [-0.1, -0.05) is 36.7 Å². The summed E-state index contributed by atoms with van der Waals surface area (Å²) >= 11 is 6.94. The molecule has 4 nitrogen and oxygen atoms in total. The normalized spacial score (nSPS) is 13.5. The van der Waals surface area contributed by atoms with Crippen molar-refractivity contribution in [2.24, 2.45) is 5.41 Å². The van der Waals surface area contributed by atoms with Crippen LogP contribution in [0.1, 0.15) is 26.5 Å². The van der Waals surface area contributed by atoms with Crippen LogP contribution in [-0.2, 0) is 6.42 Å². The van der Waals surface area contributed by atoms with Crippen LogP contribution in [0.2, 0.25) is 0 Å². The van der Waals surface area contributed by atoms with Crippen molar-refractivity contribution in [1.82, 2.24) is 4.98 Å². The van der Waals surface area contributed by atoms with E-state index < -0.39 is 4.92 Å². The van der Waals surface area contributed by atoms with Crippen molar-refractivity contribution < 1.29 is 4.92 Å². The lowest BCUT2D eigenvalue weighted by Crippen LogP contribution is -2.23. The molecule has 1 aromatic heterocycles. The molecule has 0 spiro atoms. The molecule has 1 atom stereocenters. The summed E-state index contributed by atoms with van der Waals surface area (Å²) in [6.07, 6.45) is 2.02. The summed E-state index contributed by atoms with van der Waals surface area (Å²) in [5.41, 5.74) is 0.943. The molecule has 0 radical (unpaired) electrons. The van der Waals surface area contributed by atoms with E-state index in [0.717, 1.165) is 12.1 Å². The molecule has 0 aliphatic carbocycles. The maximum atomic E-state index is 10.6.